The highest BCUT2D eigenvalue weighted by Gasteiger charge is 2.19. The van der Waals surface area contributed by atoms with E-state index in [1.54, 1.807) is 0 Å². The summed E-state index contributed by atoms with van der Waals surface area (Å²) < 4.78 is 13.1. The Balaban J connectivity index is 2.63. The van der Waals surface area contributed by atoms with Crippen molar-refractivity contribution >= 4 is 5.91 Å². The van der Waals surface area contributed by atoms with Crippen molar-refractivity contribution in [1.29, 1.82) is 0 Å². The molecule has 82 valence electrons. The van der Waals surface area contributed by atoms with Crippen molar-refractivity contribution in [3.8, 4) is 17.0 Å². The van der Waals surface area contributed by atoms with Gasteiger partial charge >= 0.3 is 0 Å². The Morgan fingerprint density at radius 1 is 1.44 bits per heavy atom. The van der Waals surface area contributed by atoms with E-state index >= 15 is 0 Å². The summed E-state index contributed by atoms with van der Waals surface area (Å²) in [6.07, 6.45) is 0. The number of carbonyl (C=O) groups is 1. The fourth-order valence-corrected chi connectivity index (χ4v) is 1.30. The number of rotatable bonds is 2. The van der Waals surface area contributed by atoms with E-state index in [1.165, 1.54) is 12.1 Å². The zero-order valence-electron chi connectivity index (χ0n) is 7.94. The van der Waals surface area contributed by atoms with Gasteiger partial charge in [0.1, 0.15) is 5.69 Å². The second-order valence-electron chi connectivity index (χ2n) is 3.02. The zero-order valence-corrected chi connectivity index (χ0v) is 7.94. The van der Waals surface area contributed by atoms with Crippen LogP contribution in [0, 0.1) is 5.82 Å². The lowest BCUT2D eigenvalue weighted by Gasteiger charge is -2.02. The van der Waals surface area contributed by atoms with E-state index in [4.69, 9.17) is 5.73 Å². The van der Waals surface area contributed by atoms with Crippen molar-refractivity contribution in [2.24, 2.45) is 5.73 Å². The van der Waals surface area contributed by atoms with Gasteiger partial charge in [-0.2, -0.15) is 15.4 Å². The van der Waals surface area contributed by atoms with Crippen LogP contribution in [-0.2, 0) is 0 Å². The molecule has 7 heteroatoms. The monoisotopic (exact) mass is 222 g/mol. The number of aromatic nitrogens is 3. The lowest BCUT2D eigenvalue weighted by molar-refractivity contribution is 0.0996. The van der Waals surface area contributed by atoms with Crippen LogP contribution in [0.3, 0.4) is 0 Å². The zero-order chi connectivity index (χ0) is 11.7. The Morgan fingerprint density at radius 2 is 2.19 bits per heavy atom. The first kappa shape index (κ1) is 10.1. The van der Waals surface area contributed by atoms with Crippen molar-refractivity contribution in [3.63, 3.8) is 0 Å². The molecule has 2 rings (SSSR count). The Labute approximate surface area is 88.9 Å². The SMILES string of the molecule is NC(=O)c1n[nH]nc1-c1cccc(F)c1O. The number of H-pyrrole nitrogens is 1. The molecule has 0 aliphatic rings. The number of nitrogens with two attached hydrogens (primary N) is 1. The number of phenols is 1. The van der Waals surface area contributed by atoms with E-state index in [1.807, 2.05) is 0 Å². The first-order valence-electron chi connectivity index (χ1n) is 4.29. The van der Waals surface area contributed by atoms with Gasteiger partial charge in [-0.1, -0.05) is 6.07 Å². The molecule has 0 bridgehead atoms. The molecule has 2 aromatic rings. The van der Waals surface area contributed by atoms with Crippen LogP contribution < -0.4 is 5.73 Å². The van der Waals surface area contributed by atoms with Gasteiger partial charge in [-0.25, -0.2) is 4.39 Å². The molecule has 1 aromatic heterocycles. The van der Waals surface area contributed by atoms with E-state index in [0.29, 0.717) is 0 Å². The van der Waals surface area contributed by atoms with Crippen LogP contribution in [0.15, 0.2) is 18.2 Å². The third kappa shape index (κ3) is 1.48. The summed E-state index contributed by atoms with van der Waals surface area (Å²) >= 11 is 0. The van der Waals surface area contributed by atoms with Gasteiger partial charge in [-0.05, 0) is 12.1 Å². The molecular formula is C9H7FN4O2. The Hall–Kier alpha value is -2.44. The van der Waals surface area contributed by atoms with Crippen molar-refractivity contribution in [3.05, 3.63) is 29.7 Å². The summed E-state index contributed by atoms with van der Waals surface area (Å²) in [6, 6.07) is 3.87. The smallest absolute Gasteiger partial charge is 0.271 e. The summed E-state index contributed by atoms with van der Waals surface area (Å²) in [5, 5.41) is 18.8. The number of aromatic hydroxyl groups is 1. The molecule has 0 atom stereocenters. The van der Waals surface area contributed by atoms with Gasteiger partial charge in [-0.15, -0.1) is 0 Å². The topological polar surface area (TPSA) is 105 Å². The van der Waals surface area contributed by atoms with Crippen molar-refractivity contribution < 1.29 is 14.3 Å². The van der Waals surface area contributed by atoms with Gasteiger partial charge in [0, 0.05) is 5.56 Å². The van der Waals surface area contributed by atoms with Gasteiger partial charge in [-0.3, -0.25) is 4.79 Å². The molecule has 1 heterocycles. The lowest BCUT2D eigenvalue weighted by atomic mass is 10.1. The molecule has 1 aromatic carbocycles. The van der Waals surface area contributed by atoms with Gasteiger partial charge in [0.05, 0.1) is 0 Å². The highest BCUT2D eigenvalue weighted by atomic mass is 19.1. The predicted molar refractivity (Wildman–Crippen MR) is 52.0 cm³/mol. The lowest BCUT2D eigenvalue weighted by Crippen LogP contribution is -2.12. The number of amides is 1. The minimum absolute atomic E-state index is 0.0181. The van der Waals surface area contributed by atoms with Crippen LogP contribution in [0.2, 0.25) is 0 Å². The molecule has 16 heavy (non-hydrogen) atoms. The average Bonchev–Trinajstić information content (AvgIpc) is 2.70. The summed E-state index contributed by atoms with van der Waals surface area (Å²) in [4.78, 5) is 11.0. The minimum Gasteiger partial charge on any atom is -0.504 e. The van der Waals surface area contributed by atoms with Crippen molar-refractivity contribution in [2.45, 2.75) is 0 Å². The van der Waals surface area contributed by atoms with E-state index in [-0.39, 0.29) is 17.0 Å². The number of carbonyl (C=O) groups excluding carboxylic acids is 1. The second-order valence-corrected chi connectivity index (χ2v) is 3.02. The highest BCUT2D eigenvalue weighted by molar-refractivity contribution is 5.97. The van der Waals surface area contributed by atoms with Crippen LogP contribution >= 0.6 is 0 Å². The molecule has 0 spiro atoms. The average molecular weight is 222 g/mol. The number of hydrogen-bond acceptors (Lipinski definition) is 4. The van der Waals surface area contributed by atoms with Crippen molar-refractivity contribution in [2.75, 3.05) is 0 Å². The molecule has 0 aliphatic carbocycles. The maximum Gasteiger partial charge on any atom is 0.271 e. The Kier molecular flexibility index (Phi) is 2.28. The molecule has 0 unspecified atom stereocenters. The largest absolute Gasteiger partial charge is 0.504 e. The predicted octanol–water partition coefficient (Wildman–Crippen LogP) is 0.415. The number of para-hydroxylation sites is 1. The second kappa shape index (κ2) is 3.61. The van der Waals surface area contributed by atoms with Gasteiger partial charge in [0.15, 0.2) is 17.3 Å². The van der Waals surface area contributed by atoms with E-state index < -0.39 is 17.5 Å². The summed E-state index contributed by atoms with van der Waals surface area (Å²) in [5.74, 6) is -2.22. The number of halogens is 1. The van der Waals surface area contributed by atoms with Crippen LogP contribution in [0.5, 0.6) is 5.75 Å². The maximum absolute atomic E-state index is 13.1. The molecule has 0 saturated heterocycles. The standard InChI is InChI=1S/C9H7FN4O2/c10-5-3-1-2-4(8(5)15)6-7(9(11)16)13-14-12-6/h1-3,15H,(H2,11,16)(H,12,13,14). The fourth-order valence-electron chi connectivity index (χ4n) is 1.30. The van der Waals surface area contributed by atoms with Gasteiger partial charge in [0.2, 0.25) is 0 Å². The first-order valence-corrected chi connectivity index (χ1v) is 4.29. The van der Waals surface area contributed by atoms with Crippen LogP contribution in [-0.4, -0.2) is 26.4 Å². The Morgan fingerprint density at radius 3 is 2.88 bits per heavy atom. The van der Waals surface area contributed by atoms with E-state index in [0.717, 1.165) is 6.07 Å². The van der Waals surface area contributed by atoms with Crippen molar-refractivity contribution in [1.82, 2.24) is 15.4 Å². The third-order valence-electron chi connectivity index (χ3n) is 2.02. The minimum atomic E-state index is -0.813. The molecule has 0 aliphatic heterocycles. The highest BCUT2D eigenvalue weighted by Crippen LogP contribution is 2.30. The van der Waals surface area contributed by atoms with E-state index in [9.17, 15) is 14.3 Å². The summed E-state index contributed by atoms with van der Waals surface area (Å²) in [7, 11) is 0. The molecule has 4 N–H and O–H groups in total. The van der Waals surface area contributed by atoms with E-state index in [2.05, 4.69) is 15.4 Å². The fraction of sp³-hybridized carbons (Fsp3) is 0. The molecule has 6 nitrogen and oxygen atoms in total. The number of benzene rings is 1. The molecule has 0 radical (unpaired) electrons. The quantitative estimate of drug-likeness (QED) is 0.684. The number of hydrogen-bond donors (Lipinski definition) is 3. The number of primary amides is 1. The molecule has 0 saturated carbocycles. The molecule has 1 amide bonds. The number of nitrogens with zero attached hydrogens (tertiary/aromatic N) is 2. The normalized spacial score (nSPS) is 10.3. The Bertz CT molecular complexity index is 552. The van der Waals surface area contributed by atoms with Crippen LogP contribution in [0.1, 0.15) is 10.5 Å². The van der Waals surface area contributed by atoms with Gasteiger partial charge in [0.25, 0.3) is 5.91 Å². The molecule has 0 fully saturated rings. The van der Waals surface area contributed by atoms with Crippen LogP contribution in [0.25, 0.3) is 11.3 Å². The first-order chi connectivity index (χ1) is 7.61. The third-order valence-corrected chi connectivity index (χ3v) is 2.02. The summed E-state index contributed by atoms with van der Waals surface area (Å²) in [5.41, 5.74) is 4.97. The number of aromatic amines is 1. The number of nitrogens with one attached hydrogen (secondary N) is 1. The molecular weight excluding hydrogens is 215 g/mol. The summed E-state index contributed by atoms with van der Waals surface area (Å²) in [6.45, 7) is 0. The van der Waals surface area contributed by atoms with Gasteiger partial charge < -0.3 is 10.8 Å². The van der Waals surface area contributed by atoms with Crippen LogP contribution in [0.4, 0.5) is 4.39 Å². The number of phenolic OH excluding ortho intramolecular Hbond substituents is 1. The maximum atomic E-state index is 13.1.